The van der Waals surface area contributed by atoms with Crippen molar-refractivity contribution in [3.05, 3.63) is 0 Å². The highest BCUT2D eigenvalue weighted by Crippen LogP contribution is 2.34. The Morgan fingerprint density at radius 2 is 1.67 bits per heavy atom. The van der Waals surface area contributed by atoms with E-state index in [1.807, 2.05) is 41.9 Å². The number of rotatable bonds is 4. The monoisotopic (exact) mass is 217 g/mol. The van der Waals surface area contributed by atoms with Crippen LogP contribution in [0.15, 0.2) is 0 Å². The predicted molar refractivity (Wildman–Crippen MR) is 56.9 cm³/mol. The number of aliphatic carboxylic acids is 1. The Labute approximate surface area is 92.1 Å². The van der Waals surface area contributed by atoms with Gasteiger partial charge in [0.1, 0.15) is 12.1 Å². The third-order valence-corrected chi connectivity index (χ3v) is 2.57. The highest BCUT2D eigenvalue weighted by Gasteiger charge is 2.44. The van der Waals surface area contributed by atoms with Gasteiger partial charge in [-0.3, -0.25) is 0 Å². The van der Waals surface area contributed by atoms with Crippen molar-refractivity contribution in [1.82, 2.24) is 0 Å². The first-order valence-corrected chi connectivity index (χ1v) is 5.10. The van der Waals surface area contributed by atoms with Crippen LogP contribution in [0.3, 0.4) is 0 Å². The molecule has 0 bridgehead atoms. The van der Waals surface area contributed by atoms with Gasteiger partial charge in [0, 0.05) is 12.4 Å². The Kier molecular flexibility index (Phi) is 3.93. The molecule has 0 aliphatic rings. The zero-order valence-electron chi connectivity index (χ0n) is 10.6. The van der Waals surface area contributed by atoms with E-state index in [2.05, 4.69) is 0 Å². The number of nitrogens with zero attached hydrogens (tertiary/aromatic N) is 1. The summed E-state index contributed by atoms with van der Waals surface area (Å²) in [5.74, 6) is -1.21. The number of carbonyl (C=O) groups excluding carboxylic acids is 1. The summed E-state index contributed by atoms with van der Waals surface area (Å²) in [6.07, 6.45) is -0.327. The SMILES string of the molecule is CC(C)(C)[C@@](O)(CC(=O)[O-])C[N+](C)(C)C. The second-order valence-electron chi connectivity index (χ2n) is 6.28. The molecule has 0 spiro atoms. The molecule has 0 saturated heterocycles. The fraction of sp³-hybridized carbons (Fsp3) is 0.909. The zero-order valence-corrected chi connectivity index (χ0v) is 10.6. The fourth-order valence-electron chi connectivity index (χ4n) is 1.58. The van der Waals surface area contributed by atoms with Crippen LogP contribution in [0, 0.1) is 5.41 Å². The van der Waals surface area contributed by atoms with Gasteiger partial charge in [-0.25, -0.2) is 0 Å². The summed E-state index contributed by atoms with van der Waals surface area (Å²) in [5.41, 5.74) is -1.73. The molecule has 0 fully saturated rings. The van der Waals surface area contributed by atoms with E-state index < -0.39 is 17.0 Å². The summed E-state index contributed by atoms with van der Waals surface area (Å²) in [7, 11) is 5.77. The van der Waals surface area contributed by atoms with Gasteiger partial charge in [-0.1, -0.05) is 20.8 Å². The van der Waals surface area contributed by atoms with Crippen LogP contribution in [0.5, 0.6) is 0 Å². The van der Waals surface area contributed by atoms with Gasteiger partial charge in [0.2, 0.25) is 0 Å². The number of quaternary nitrogens is 1. The quantitative estimate of drug-likeness (QED) is 0.652. The van der Waals surface area contributed by atoms with E-state index in [-0.39, 0.29) is 6.42 Å². The number of hydrogen-bond donors (Lipinski definition) is 1. The Balaban J connectivity index is 4.96. The topological polar surface area (TPSA) is 60.4 Å². The van der Waals surface area contributed by atoms with Crippen LogP contribution >= 0.6 is 0 Å². The van der Waals surface area contributed by atoms with Crippen LogP contribution in [0.2, 0.25) is 0 Å². The standard InChI is InChI=1S/C11H23NO3/c1-10(2,3)11(15,7-9(13)14)8-12(4,5)6/h15H,7-8H2,1-6H3/t11-/m1/s1. The van der Waals surface area contributed by atoms with E-state index >= 15 is 0 Å². The molecule has 4 nitrogen and oxygen atoms in total. The third kappa shape index (κ3) is 4.62. The zero-order chi connectivity index (χ0) is 12.5. The lowest BCUT2D eigenvalue weighted by atomic mass is 9.74. The number of carboxylic acid groups (broad SMARTS) is 1. The maximum atomic E-state index is 10.7. The second kappa shape index (κ2) is 4.10. The van der Waals surface area contributed by atoms with Gasteiger partial charge in [-0.2, -0.15) is 0 Å². The molecule has 0 saturated carbocycles. The van der Waals surface area contributed by atoms with Crippen molar-refractivity contribution in [3.63, 3.8) is 0 Å². The van der Waals surface area contributed by atoms with Crippen molar-refractivity contribution in [2.24, 2.45) is 5.41 Å². The normalized spacial score (nSPS) is 17.3. The summed E-state index contributed by atoms with van der Waals surface area (Å²) in [4.78, 5) is 10.7. The van der Waals surface area contributed by atoms with Gasteiger partial charge in [0.15, 0.2) is 0 Å². The summed E-state index contributed by atoms with van der Waals surface area (Å²) >= 11 is 0. The van der Waals surface area contributed by atoms with E-state index in [9.17, 15) is 15.0 Å². The van der Waals surface area contributed by atoms with E-state index in [4.69, 9.17) is 0 Å². The molecule has 0 aliphatic heterocycles. The molecular weight excluding hydrogens is 194 g/mol. The highest BCUT2D eigenvalue weighted by atomic mass is 16.4. The molecule has 1 N–H and O–H groups in total. The third-order valence-electron chi connectivity index (χ3n) is 2.57. The number of carboxylic acids is 1. The van der Waals surface area contributed by atoms with Gasteiger partial charge in [-0.05, 0) is 5.41 Å². The molecule has 90 valence electrons. The van der Waals surface area contributed by atoms with Gasteiger partial charge in [0.25, 0.3) is 0 Å². The summed E-state index contributed by atoms with van der Waals surface area (Å²) in [6.45, 7) is 5.90. The van der Waals surface area contributed by atoms with Crippen LogP contribution in [0.4, 0.5) is 0 Å². The van der Waals surface area contributed by atoms with Gasteiger partial charge in [0.05, 0.1) is 21.1 Å². The maximum absolute atomic E-state index is 10.7. The van der Waals surface area contributed by atoms with E-state index in [0.29, 0.717) is 11.0 Å². The van der Waals surface area contributed by atoms with Crippen LogP contribution < -0.4 is 5.11 Å². The average Bonchev–Trinajstić information content (AvgIpc) is 1.75. The summed E-state index contributed by atoms with van der Waals surface area (Å²) in [6, 6.07) is 0. The first-order chi connectivity index (χ1) is 6.37. The molecule has 0 radical (unpaired) electrons. The van der Waals surface area contributed by atoms with E-state index in [1.54, 1.807) is 0 Å². The molecule has 4 heteroatoms. The van der Waals surface area contributed by atoms with Crippen molar-refractivity contribution in [1.29, 1.82) is 0 Å². The van der Waals surface area contributed by atoms with Crippen molar-refractivity contribution < 1.29 is 19.5 Å². The second-order valence-corrected chi connectivity index (χ2v) is 6.28. The summed E-state index contributed by atoms with van der Waals surface area (Å²) in [5, 5.41) is 21.1. The molecule has 0 amide bonds. The molecule has 0 heterocycles. The Morgan fingerprint density at radius 1 is 1.27 bits per heavy atom. The average molecular weight is 217 g/mol. The number of hydrogen-bond acceptors (Lipinski definition) is 3. The van der Waals surface area contributed by atoms with Crippen molar-refractivity contribution in [2.75, 3.05) is 27.7 Å². The van der Waals surface area contributed by atoms with Crippen LogP contribution in [0.25, 0.3) is 0 Å². The lowest BCUT2D eigenvalue weighted by Crippen LogP contribution is -2.58. The molecule has 0 aromatic carbocycles. The van der Waals surface area contributed by atoms with Crippen molar-refractivity contribution in [2.45, 2.75) is 32.8 Å². The van der Waals surface area contributed by atoms with Crippen LogP contribution in [-0.4, -0.2) is 48.8 Å². The number of carbonyl (C=O) groups is 1. The van der Waals surface area contributed by atoms with E-state index in [0.717, 1.165) is 0 Å². The lowest BCUT2D eigenvalue weighted by molar-refractivity contribution is -0.878. The molecular formula is C11H23NO3. The van der Waals surface area contributed by atoms with Gasteiger partial charge in [-0.15, -0.1) is 0 Å². The maximum Gasteiger partial charge on any atom is 0.123 e. The molecule has 0 aromatic heterocycles. The molecule has 0 aliphatic carbocycles. The Morgan fingerprint density at radius 3 is 1.87 bits per heavy atom. The fourth-order valence-corrected chi connectivity index (χ4v) is 1.58. The Bertz CT molecular complexity index is 237. The lowest BCUT2D eigenvalue weighted by Gasteiger charge is -2.44. The van der Waals surface area contributed by atoms with Gasteiger partial charge < -0.3 is 19.5 Å². The molecule has 0 rings (SSSR count). The molecule has 1 atom stereocenters. The molecule has 0 aromatic rings. The summed E-state index contributed by atoms with van der Waals surface area (Å²) < 4.78 is 0.515. The smallest absolute Gasteiger partial charge is 0.123 e. The minimum atomic E-state index is -1.25. The minimum Gasteiger partial charge on any atom is -0.550 e. The van der Waals surface area contributed by atoms with Crippen molar-refractivity contribution in [3.8, 4) is 0 Å². The van der Waals surface area contributed by atoms with Crippen LogP contribution in [0.1, 0.15) is 27.2 Å². The van der Waals surface area contributed by atoms with Gasteiger partial charge >= 0.3 is 0 Å². The number of aliphatic hydroxyl groups is 1. The predicted octanol–water partition coefficient (Wildman–Crippen LogP) is -0.390. The van der Waals surface area contributed by atoms with Crippen molar-refractivity contribution >= 4 is 5.97 Å². The van der Waals surface area contributed by atoms with Crippen LogP contribution in [-0.2, 0) is 4.79 Å². The Hall–Kier alpha value is -0.610. The number of likely N-dealkylation sites (N-methyl/N-ethyl adjacent to an activating group) is 1. The first kappa shape index (κ1) is 14.4. The van der Waals surface area contributed by atoms with E-state index in [1.165, 1.54) is 0 Å². The first-order valence-electron chi connectivity index (χ1n) is 5.10. The molecule has 15 heavy (non-hydrogen) atoms. The minimum absolute atomic E-state index is 0.327. The largest absolute Gasteiger partial charge is 0.550 e. The highest BCUT2D eigenvalue weighted by molar-refractivity contribution is 5.66. The molecule has 0 unspecified atom stereocenters.